The Morgan fingerprint density at radius 1 is 0.452 bits per heavy atom. The number of hydrogen-bond donors (Lipinski definition) is 0. The summed E-state index contributed by atoms with van der Waals surface area (Å²) >= 11 is 78.9. The summed E-state index contributed by atoms with van der Waals surface area (Å²) in [5.74, 6) is 0. The van der Waals surface area contributed by atoms with E-state index < -0.39 is 213 Å². The monoisotopic (exact) mass is 7130 g/mol. The summed E-state index contributed by atoms with van der Waals surface area (Å²) in [4.78, 5) is 41.7. The molecule has 2 amide bonds. The molecule has 0 bridgehead atoms. The fraction of sp³-hybridized carbons (Fsp3) is 0.846. The number of carbonyl (C=O) groups is 2. The molecule has 2 aliphatic heterocycles. The number of alkyl halides is 9. The van der Waals surface area contributed by atoms with Crippen LogP contribution in [-0.2, 0) is 4.74 Å². The molecule has 482 valence electrons. The van der Waals surface area contributed by atoms with Crippen LogP contribution >= 0.6 is 739 Å². The first-order valence-corrected chi connectivity index (χ1v) is 307. The van der Waals surface area contributed by atoms with Crippen LogP contribution in [0.3, 0.4) is 0 Å². The Hall–Kier alpha value is 38.6. The van der Waals surface area contributed by atoms with Crippen molar-refractivity contribution in [3.63, 3.8) is 0 Å². The van der Waals surface area contributed by atoms with Crippen LogP contribution in [0.5, 0.6) is 0 Å². The van der Waals surface area contributed by atoms with Gasteiger partial charge < -0.3 is 0 Å². The Bertz CT molecular complexity index is 1820. The number of rotatable bonds is 25. The van der Waals surface area contributed by atoms with E-state index in [0.717, 1.165) is 0 Å². The number of halogens is 54. The van der Waals surface area contributed by atoms with Crippen LogP contribution in [0.4, 0.5) is 9.59 Å². The molecule has 0 aliphatic carbocycles. The SMILES string of the molecule is CC(C)(C)OC(=O)N1C(C)([I-]I)C2(I(I)I)C(I(I)[I-]I)(I(I)I(I)I)N(C(=O)P)C(I(I)I(I)I(I)I(I)I)(I(I)I(I)I(I)I(I)[I-]I)C2(I(I)I(I)I(I)[I-]I)C1(I(I)I(I)[I-]I)I(I)I(I)I(I)I. The van der Waals surface area contributed by atoms with Crippen LogP contribution in [0.15, 0.2) is 0 Å². The molecule has 0 aromatic rings. The molecule has 5 nitrogen and oxygen atoms in total. The van der Waals surface area contributed by atoms with Gasteiger partial charge in [0.1, 0.15) is 0 Å². The van der Waals surface area contributed by atoms with Gasteiger partial charge >= 0.3 is 893 Å². The van der Waals surface area contributed by atoms with Crippen LogP contribution in [0.25, 0.3) is 0 Å². The third-order valence-corrected chi connectivity index (χ3v) is 2070. The molecule has 2 heterocycles. The summed E-state index contributed by atoms with van der Waals surface area (Å²) in [5.41, 5.74) is 0.0228. The van der Waals surface area contributed by atoms with E-state index in [9.17, 15) is 0 Å². The number of ether oxygens (including phenoxy) is 1. The van der Waals surface area contributed by atoms with Crippen molar-refractivity contribution >= 4 is 751 Å². The zero-order chi connectivity index (χ0) is 57.6. The minimum absolute atomic E-state index is 0.0409. The van der Waals surface area contributed by atoms with Crippen LogP contribution in [0, 0.1) is 0 Å². The molecule has 0 aromatic heterocycles. The van der Waals surface area contributed by atoms with E-state index in [-0.39, 0.29) is 74.2 Å². The fourth-order valence-corrected chi connectivity index (χ4v) is 3180. The summed E-state index contributed by atoms with van der Waals surface area (Å²) < 4.78 is 7.80. The summed E-state index contributed by atoms with van der Waals surface area (Å²) in [6.07, 6.45) is 0.210. The number of nitrogens with zero attached hydrogens (tertiary/aromatic N) is 2. The van der Waals surface area contributed by atoms with E-state index in [1.54, 1.807) is 0 Å². The third kappa shape index (κ3) is 25.2. The van der Waals surface area contributed by atoms with Crippen molar-refractivity contribution in [3.8, 4) is 0 Å². The zero-order valence-electron chi connectivity index (χ0n) is 31.6. The molecule has 2 rings (SSSR count). The first-order chi connectivity index (χ1) is 33.3. The first kappa shape index (κ1) is 108. The van der Waals surface area contributed by atoms with Gasteiger partial charge in [-0.1, -0.05) is 0 Å². The number of carbonyl (C=O) groups excluding carboxylic acids is 2. The van der Waals surface area contributed by atoms with Gasteiger partial charge in [-0.05, 0) is 0 Å². The Balaban J connectivity index is 4.62. The molecule has 2 saturated heterocycles. The van der Waals surface area contributed by atoms with E-state index in [1.165, 1.54) is 0 Å². The van der Waals surface area contributed by atoms with Gasteiger partial charge in [0.05, 0.1) is 0 Å². The third-order valence-electron chi connectivity index (χ3n) is 7.34. The molecule has 7 atom stereocenters. The standard InChI is InChI=1S/C13H14I54N2O3P/c1-7(2,3)72-5(70)68-8(4,43-14)9(48(19)20)10(50(22)63(38)60(35)46-17,12(68,52(24)59(34)45-16)53(25)62(37)57(30)31)13(54(26)64(39)66(41)58(32)33,55(27)65(40)67(42)61(36)47-18)69(6(71)73)11(9,49(21)44-15)51(23)56(28)29/h73H2,1-4H3/q-5. The topological polar surface area (TPSA) is 49.9 Å². The average Bonchev–Trinajstić information content (AvgIpc) is 3.69. The zero-order valence-corrected chi connectivity index (χ0v) is 149. The molecule has 2 fully saturated rings. The first-order valence-electron chi connectivity index (χ1n) is 13.8. The molecular formula is C13H14I54N2O3P-5. The molecular weight excluding hydrogens is 7120 g/mol. The van der Waals surface area contributed by atoms with Gasteiger partial charge in [-0.25, -0.2) is 0 Å². The Morgan fingerprint density at radius 3 is 1.19 bits per heavy atom. The van der Waals surface area contributed by atoms with Crippen LogP contribution in [0.2, 0.25) is 0 Å². The molecule has 0 saturated carbocycles. The Morgan fingerprint density at radius 2 is 0.849 bits per heavy atom. The number of fused-ring (bicyclic) bond motifs is 1. The van der Waals surface area contributed by atoms with Gasteiger partial charge in [-0.2, -0.15) is 0 Å². The summed E-state index contributed by atoms with van der Waals surface area (Å²) in [7, 11) is -13.5. The predicted octanol–water partition coefficient (Wildman–Crippen LogP) is 29.1. The van der Waals surface area contributed by atoms with Gasteiger partial charge in [0, 0.05) is 0 Å². The van der Waals surface area contributed by atoms with Crippen molar-refractivity contribution in [3.05, 3.63) is 0 Å². The molecule has 0 N–H and O–H groups in total. The maximum atomic E-state index is 17.6. The van der Waals surface area contributed by atoms with Crippen molar-refractivity contribution < 1.29 is 84.6 Å². The van der Waals surface area contributed by atoms with Crippen LogP contribution < -0.4 is 70.3 Å². The van der Waals surface area contributed by atoms with E-state index in [4.69, 9.17) is 4.74 Å². The normalized spacial score (nSPS) is 30.4. The number of hydrogen-bond acceptors (Lipinski definition) is 3. The quantitative estimate of drug-likeness (QED) is 0.0396. The summed E-state index contributed by atoms with van der Waals surface area (Å²) in [6, 6.07) is 0. The fourth-order valence-electron chi connectivity index (χ4n) is 5.81. The van der Waals surface area contributed by atoms with Crippen molar-refractivity contribution in [2.75, 3.05) is 0 Å². The molecule has 0 spiro atoms. The molecule has 73 heavy (non-hydrogen) atoms. The Labute approximate surface area is 849 Å². The van der Waals surface area contributed by atoms with Crippen molar-refractivity contribution in [2.24, 2.45) is 0 Å². The van der Waals surface area contributed by atoms with E-state index in [0.29, 0.717) is 5.65 Å². The maximum absolute atomic E-state index is 17.6. The predicted molar refractivity (Wildman–Crippen MR) is 754 cm³/mol. The minimum atomic E-state index is -2.19. The van der Waals surface area contributed by atoms with Gasteiger partial charge in [-0.3, -0.25) is 0 Å². The van der Waals surface area contributed by atoms with Gasteiger partial charge in [-0.15, -0.1) is 0 Å². The van der Waals surface area contributed by atoms with Crippen molar-refractivity contribution in [1.29, 1.82) is 0 Å². The second-order valence-corrected chi connectivity index (χ2v) is 866. The average molecular weight is 7130 g/mol. The van der Waals surface area contributed by atoms with Crippen LogP contribution in [-0.4, -0.2) is 42.2 Å². The van der Waals surface area contributed by atoms with Crippen molar-refractivity contribution in [2.45, 2.75) is 48.3 Å². The number of amides is 2. The second-order valence-electron chi connectivity index (χ2n) is 11.2. The molecule has 2 aliphatic rings. The summed E-state index contributed by atoms with van der Waals surface area (Å²) in [6.45, 7) is 9.67. The summed E-state index contributed by atoms with van der Waals surface area (Å²) in [5, 5.41) is 0. The second kappa shape index (κ2) is 52.8. The molecule has 0 aromatic carbocycles. The molecule has 7 unspecified atom stereocenters. The van der Waals surface area contributed by atoms with Crippen LogP contribution in [0.1, 0.15) is 27.7 Å². The molecule has 60 heteroatoms. The van der Waals surface area contributed by atoms with E-state index in [1.807, 2.05) is 0 Å². The van der Waals surface area contributed by atoms with E-state index >= 15 is 9.59 Å². The Kier molecular flexibility index (Phi) is 77.9. The van der Waals surface area contributed by atoms with Gasteiger partial charge in [0.15, 0.2) is 0 Å². The molecule has 0 radical (unpaired) electrons. The number of likely N-dealkylation sites (tertiary alicyclic amines) is 2. The van der Waals surface area contributed by atoms with Crippen molar-refractivity contribution in [1.82, 2.24) is 9.80 Å². The van der Waals surface area contributed by atoms with Gasteiger partial charge in [0.25, 0.3) is 0 Å². The van der Waals surface area contributed by atoms with Gasteiger partial charge in [0.2, 0.25) is 0 Å². The van der Waals surface area contributed by atoms with E-state index in [2.05, 4.69) is 587 Å².